The summed E-state index contributed by atoms with van der Waals surface area (Å²) in [5.74, 6) is 0.460. The number of halogens is 1. The summed E-state index contributed by atoms with van der Waals surface area (Å²) >= 11 is 6.12. The number of nitrogens with one attached hydrogen (secondary N) is 2. The lowest BCUT2D eigenvalue weighted by Gasteiger charge is -2.11. The van der Waals surface area contributed by atoms with Crippen LogP contribution in [0, 0.1) is 0 Å². The van der Waals surface area contributed by atoms with E-state index in [0.29, 0.717) is 24.0 Å². The van der Waals surface area contributed by atoms with E-state index in [1.54, 1.807) is 26.3 Å². The fourth-order valence-electron chi connectivity index (χ4n) is 1.89. The van der Waals surface area contributed by atoms with Crippen molar-refractivity contribution in [3.8, 4) is 5.75 Å². The van der Waals surface area contributed by atoms with Gasteiger partial charge in [-0.3, -0.25) is 4.79 Å². The summed E-state index contributed by atoms with van der Waals surface area (Å²) in [6, 6.07) is 3.13. The molecule has 2 N–H and O–H groups in total. The highest BCUT2D eigenvalue weighted by atomic mass is 35.5. The average molecular weight is 271 g/mol. The molecule has 1 aliphatic heterocycles. The van der Waals surface area contributed by atoms with E-state index in [2.05, 4.69) is 10.6 Å². The number of rotatable bonds is 5. The van der Waals surface area contributed by atoms with Crippen molar-refractivity contribution < 1.29 is 14.3 Å². The maximum atomic E-state index is 11.7. The molecule has 1 aromatic rings. The molecule has 0 saturated carbocycles. The number of methoxy groups -OCH3 is 1. The number of fused-ring (bicyclic) bond motifs is 1. The summed E-state index contributed by atoms with van der Waals surface area (Å²) in [5, 5.41) is 6.21. The molecule has 1 heterocycles. The van der Waals surface area contributed by atoms with Crippen molar-refractivity contribution in [2.45, 2.75) is 6.04 Å². The largest absolute Gasteiger partial charge is 0.490 e. The Balaban J connectivity index is 2.22. The molecule has 1 atom stereocenters. The third-order valence-corrected chi connectivity index (χ3v) is 3.06. The van der Waals surface area contributed by atoms with Gasteiger partial charge in [0.25, 0.3) is 0 Å². The molecule has 0 aromatic heterocycles. The fraction of sp³-hybridized carbons (Fsp3) is 0.417. The monoisotopic (exact) mass is 270 g/mol. The Labute approximate surface area is 110 Å². The molecule has 2 rings (SSSR count). The van der Waals surface area contributed by atoms with Gasteiger partial charge in [0.15, 0.2) is 0 Å². The van der Waals surface area contributed by atoms with E-state index in [-0.39, 0.29) is 11.9 Å². The number of benzene rings is 1. The average Bonchev–Trinajstić information content (AvgIpc) is 2.64. The van der Waals surface area contributed by atoms with Crippen LogP contribution < -0.4 is 15.4 Å². The van der Waals surface area contributed by atoms with Crippen LogP contribution in [0.3, 0.4) is 0 Å². The Kier molecular flexibility index (Phi) is 4.06. The Morgan fingerprint density at radius 3 is 2.89 bits per heavy atom. The molecular formula is C12H15ClN2O3. The van der Waals surface area contributed by atoms with E-state index in [0.717, 1.165) is 11.3 Å². The minimum absolute atomic E-state index is 0.0855. The first kappa shape index (κ1) is 13.1. The molecule has 6 heteroatoms. The van der Waals surface area contributed by atoms with E-state index >= 15 is 0 Å². The van der Waals surface area contributed by atoms with E-state index in [1.165, 1.54) is 0 Å². The van der Waals surface area contributed by atoms with Crippen molar-refractivity contribution in [3.05, 3.63) is 22.7 Å². The SMILES string of the molecule is CNC1C(=O)Nc2cc(OCCOC)c(Cl)cc21. The van der Waals surface area contributed by atoms with Gasteiger partial charge >= 0.3 is 0 Å². The van der Waals surface area contributed by atoms with Gasteiger partial charge in [-0.1, -0.05) is 11.6 Å². The second-order valence-electron chi connectivity index (χ2n) is 3.92. The van der Waals surface area contributed by atoms with Crippen molar-refractivity contribution in [2.75, 3.05) is 32.7 Å². The second kappa shape index (κ2) is 5.56. The highest BCUT2D eigenvalue weighted by Crippen LogP contribution is 2.38. The minimum Gasteiger partial charge on any atom is -0.490 e. The smallest absolute Gasteiger partial charge is 0.246 e. The fourth-order valence-corrected chi connectivity index (χ4v) is 2.12. The highest BCUT2D eigenvalue weighted by Gasteiger charge is 2.30. The van der Waals surface area contributed by atoms with Gasteiger partial charge in [0.05, 0.1) is 11.6 Å². The quantitative estimate of drug-likeness (QED) is 0.798. The molecule has 0 bridgehead atoms. The second-order valence-corrected chi connectivity index (χ2v) is 4.33. The zero-order chi connectivity index (χ0) is 13.1. The lowest BCUT2D eigenvalue weighted by Crippen LogP contribution is -2.23. The van der Waals surface area contributed by atoms with E-state index in [4.69, 9.17) is 21.1 Å². The van der Waals surface area contributed by atoms with Crippen molar-refractivity contribution >= 4 is 23.2 Å². The predicted octanol–water partition coefficient (Wildman–Crippen LogP) is 1.58. The molecule has 0 aliphatic carbocycles. The molecular weight excluding hydrogens is 256 g/mol. The number of hydrogen-bond donors (Lipinski definition) is 2. The third-order valence-electron chi connectivity index (χ3n) is 2.77. The molecule has 0 saturated heterocycles. The first-order valence-corrected chi connectivity index (χ1v) is 5.98. The van der Waals surface area contributed by atoms with Gasteiger partial charge < -0.3 is 20.1 Å². The van der Waals surface area contributed by atoms with Crippen LogP contribution in [-0.4, -0.2) is 33.3 Å². The number of hydrogen-bond acceptors (Lipinski definition) is 4. The van der Waals surface area contributed by atoms with Crippen LogP contribution in [0.15, 0.2) is 12.1 Å². The van der Waals surface area contributed by atoms with Gasteiger partial charge in [0, 0.05) is 24.4 Å². The Morgan fingerprint density at radius 1 is 1.44 bits per heavy atom. The maximum Gasteiger partial charge on any atom is 0.246 e. The Hall–Kier alpha value is -1.30. The van der Waals surface area contributed by atoms with Crippen LogP contribution in [0.2, 0.25) is 5.02 Å². The van der Waals surface area contributed by atoms with Gasteiger partial charge in [-0.25, -0.2) is 0 Å². The number of ether oxygens (including phenoxy) is 2. The van der Waals surface area contributed by atoms with E-state index in [1.807, 2.05) is 0 Å². The third kappa shape index (κ3) is 2.43. The van der Waals surface area contributed by atoms with Gasteiger partial charge in [-0.15, -0.1) is 0 Å². The molecule has 1 aliphatic rings. The first-order chi connectivity index (χ1) is 8.67. The zero-order valence-corrected chi connectivity index (χ0v) is 11.0. The van der Waals surface area contributed by atoms with Crippen LogP contribution in [0.5, 0.6) is 5.75 Å². The molecule has 1 amide bonds. The predicted molar refractivity (Wildman–Crippen MR) is 69.3 cm³/mol. The van der Waals surface area contributed by atoms with Crippen LogP contribution in [0.25, 0.3) is 0 Å². The lowest BCUT2D eigenvalue weighted by molar-refractivity contribution is -0.117. The highest BCUT2D eigenvalue weighted by molar-refractivity contribution is 6.32. The number of carbonyl (C=O) groups is 1. The molecule has 1 aromatic carbocycles. The summed E-state index contributed by atoms with van der Waals surface area (Å²) in [7, 11) is 3.33. The Morgan fingerprint density at radius 2 is 2.22 bits per heavy atom. The number of amides is 1. The summed E-state index contributed by atoms with van der Waals surface area (Å²) in [4.78, 5) is 11.7. The van der Waals surface area contributed by atoms with E-state index < -0.39 is 0 Å². The van der Waals surface area contributed by atoms with Crippen LogP contribution >= 0.6 is 11.6 Å². The van der Waals surface area contributed by atoms with Gasteiger partial charge in [-0.2, -0.15) is 0 Å². The molecule has 0 radical (unpaired) electrons. The van der Waals surface area contributed by atoms with Gasteiger partial charge in [-0.05, 0) is 13.1 Å². The van der Waals surface area contributed by atoms with Crippen molar-refractivity contribution in [2.24, 2.45) is 0 Å². The van der Waals surface area contributed by atoms with Crippen molar-refractivity contribution in [3.63, 3.8) is 0 Å². The summed E-state index contributed by atoms with van der Waals surface area (Å²) in [5.41, 5.74) is 1.57. The molecule has 0 spiro atoms. The van der Waals surface area contributed by atoms with Crippen LogP contribution in [0.1, 0.15) is 11.6 Å². The summed E-state index contributed by atoms with van der Waals surface area (Å²) in [6.07, 6.45) is 0. The molecule has 0 fully saturated rings. The van der Waals surface area contributed by atoms with E-state index in [9.17, 15) is 4.79 Å². The van der Waals surface area contributed by atoms with Crippen molar-refractivity contribution in [1.29, 1.82) is 0 Å². The minimum atomic E-state index is -0.356. The maximum absolute atomic E-state index is 11.7. The number of carbonyl (C=O) groups excluding carboxylic acids is 1. The van der Waals surface area contributed by atoms with Gasteiger partial charge in [0.1, 0.15) is 18.4 Å². The number of likely N-dealkylation sites (N-methyl/N-ethyl adjacent to an activating group) is 1. The van der Waals surface area contributed by atoms with Crippen LogP contribution in [0.4, 0.5) is 5.69 Å². The molecule has 1 unspecified atom stereocenters. The van der Waals surface area contributed by atoms with Crippen LogP contribution in [-0.2, 0) is 9.53 Å². The molecule has 18 heavy (non-hydrogen) atoms. The van der Waals surface area contributed by atoms with Gasteiger partial charge in [0.2, 0.25) is 5.91 Å². The standard InChI is InChI=1S/C12H15ClN2O3/c1-14-11-7-5-8(13)10(18-4-3-17-2)6-9(7)15-12(11)16/h5-6,11,14H,3-4H2,1-2H3,(H,15,16). The molecule has 98 valence electrons. The molecule has 5 nitrogen and oxygen atoms in total. The normalized spacial score (nSPS) is 17.5. The summed E-state index contributed by atoms with van der Waals surface area (Å²) in [6.45, 7) is 0.900. The summed E-state index contributed by atoms with van der Waals surface area (Å²) < 4.78 is 10.4. The van der Waals surface area contributed by atoms with Crippen molar-refractivity contribution in [1.82, 2.24) is 5.32 Å². The zero-order valence-electron chi connectivity index (χ0n) is 10.2. The Bertz CT molecular complexity index is 465. The topological polar surface area (TPSA) is 59.6 Å². The lowest BCUT2D eigenvalue weighted by atomic mass is 10.1. The number of anilines is 1. The first-order valence-electron chi connectivity index (χ1n) is 5.60.